The molecular weight excluding hydrogens is 472 g/mol. The number of rotatable bonds is 10. The quantitative estimate of drug-likeness (QED) is 0.424. The van der Waals surface area contributed by atoms with E-state index in [-0.39, 0.29) is 17.0 Å². The first-order valence-corrected chi connectivity index (χ1v) is 12.1. The fourth-order valence-corrected chi connectivity index (χ4v) is 4.82. The van der Waals surface area contributed by atoms with E-state index in [2.05, 4.69) is 5.32 Å². The van der Waals surface area contributed by atoms with E-state index >= 15 is 0 Å². The smallest absolute Gasteiger partial charge is 0.338 e. The minimum absolute atomic E-state index is 0.00465. The molecule has 0 aromatic heterocycles. The summed E-state index contributed by atoms with van der Waals surface area (Å²) in [5, 5.41) is 2.60. The van der Waals surface area contributed by atoms with Crippen molar-refractivity contribution in [3.63, 3.8) is 0 Å². The summed E-state index contributed by atoms with van der Waals surface area (Å²) >= 11 is 0. The second kappa shape index (κ2) is 11.4. The maximum absolute atomic E-state index is 13.2. The van der Waals surface area contributed by atoms with Crippen LogP contribution >= 0.6 is 0 Å². The standard InChI is InChI=1S/C25H26N2O7S/c1-4-27(19-10-6-5-7-11-19)35(30,31)21-12-8-9-18(15-21)25(29)34-17-24(28)26-22-14-13-20(32-2)16-23(22)33-3/h5-16H,4,17H2,1-3H3,(H,26,28). The van der Waals surface area contributed by atoms with E-state index in [9.17, 15) is 18.0 Å². The molecule has 3 rings (SSSR count). The van der Waals surface area contributed by atoms with Crippen LogP contribution < -0.4 is 19.1 Å². The number of hydrogen-bond donors (Lipinski definition) is 1. The van der Waals surface area contributed by atoms with Gasteiger partial charge in [0.25, 0.3) is 15.9 Å². The number of para-hydroxylation sites is 1. The number of anilines is 2. The van der Waals surface area contributed by atoms with Crippen LogP contribution in [-0.2, 0) is 19.6 Å². The number of amides is 1. The highest BCUT2D eigenvalue weighted by Crippen LogP contribution is 2.29. The van der Waals surface area contributed by atoms with E-state index in [4.69, 9.17) is 14.2 Å². The van der Waals surface area contributed by atoms with Crippen molar-refractivity contribution in [3.05, 3.63) is 78.4 Å². The van der Waals surface area contributed by atoms with Crippen LogP contribution in [0, 0.1) is 0 Å². The number of hydrogen-bond acceptors (Lipinski definition) is 7. The SMILES string of the molecule is CCN(c1ccccc1)S(=O)(=O)c1cccc(C(=O)OCC(=O)Nc2ccc(OC)cc2OC)c1. The van der Waals surface area contributed by atoms with E-state index in [0.717, 1.165) is 0 Å². The summed E-state index contributed by atoms with van der Waals surface area (Å²) in [6, 6.07) is 19.0. The third kappa shape index (κ3) is 6.10. The molecule has 0 atom stereocenters. The molecule has 35 heavy (non-hydrogen) atoms. The number of methoxy groups -OCH3 is 2. The van der Waals surface area contributed by atoms with Crippen LogP contribution in [0.2, 0.25) is 0 Å². The van der Waals surface area contributed by atoms with Gasteiger partial charge in [0.05, 0.1) is 36.1 Å². The number of benzene rings is 3. The molecule has 0 aliphatic rings. The van der Waals surface area contributed by atoms with Crippen molar-refractivity contribution >= 4 is 33.3 Å². The van der Waals surface area contributed by atoms with Crippen molar-refractivity contribution in [2.24, 2.45) is 0 Å². The van der Waals surface area contributed by atoms with E-state index < -0.39 is 28.5 Å². The van der Waals surface area contributed by atoms with Crippen LogP contribution in [0.25, 0.3) is 0 Å². The van der Waals surface area contributed by atoms with E-state index in [0.29, 0.717) is 22.9 Å². The molecule has 3 aromatic rings. The molecular formula is C25H26N2O7S. The van der Waals surface area contributed by atoms with Crippen LogP contribution in [0.4, 0.5) is 11.4 Å². The summed E-state index contributed by atoms with van der Waals surface area (Å²) in [6.45, 7) is 1.35. The van der Waals surface area contributed by atoms with Gasteiger partial charge in [-0.25, -0.2) is 13.2 Å². The van der Waals surface area contributed by atoms with Crippen molar-refractivity contribution in [1.29, 1.82) is 0 Å². The topological polar surface area (TPSA) is 111 Å². The molecule has 0 bridgehead atoms. The molecule has 9 nitrogen and oxygen atoms in total. The Balaban J connectivity index is 1.70. The maximum Gasteiger partial charge on any atom is 0.338 e. The summed E-state index contributed by atoms with van der Waals surface area (Å²) in [5.74, 6) is -0.496. The lowest BCUT2D eigenvalue weighted by molar-refractivity contribution is -0.119. The Morgan fingerprint density at radius 1 is 0.914 bits per heavy atom. The zero-order valence-corrected chi connectivity index (χ0v) is 20.4. The number of sulfonamides is 1. The summed E-state index contributed by atoms with van der Waals surface area (Å²) in [7, 11) is -0.968. The third-order valence-corrected chi connectivity index (χ3v) is 6.91. The van der Waals surface area contributed by atoms with Gasteiger partial charge in [0.1, 0.15) is 11.5 Å². The highest BCUT2D eigenvalue weighted by atomic mass is 32.2. The zero-order chi connectivity index (χ0) is 25.4. The molecule has 0 unspecified atom stereocenters. The lowest BCUT2D eigenvalue weighted by Gasteiger charge is -2.23. The summed E-state index contributed by atoms with van der Waals surface area (Å²) in [4.78, 5) is 24.8. The Morgan fingerprint density at radius 2 is 1.66 bits per heavy atom. The maximum atomic E-state index is 13.2. The summed E-state index contributed by atoms with van der Waals surface area (Å²) in [6.07, 6.45) is 0. The van der Waals surface area contributed by atoms with Gasteiger partial charge in [-0.3, -0.25) is 9.10 Å². The normalized spacial score (nSPS) is 10.8. The van der Waals surface area contributed by atoms with Gasteiger partial charge in [0, 0.05) is 12.6 Å². The Labute approximate surface area is 204 Å². The van der Waals surface area contributed by atoms with Gasteiger partial charge in [-0.1, -0.05) is 24.3 Å². The van der Waals surface area contributed by atoms with Gasteiger partial charge in [-0.15, -0.1) is 0 Å². The Bertz CT molecular complexity index is 1290. The average molecular weight is 499 g/mol. The molecule has 1 amide bonds. The fourth-order valence-electron chi connectivity index (χ4n) is 3.30. The van der Waals surface area contributed by atoms with Crippen LogP contribution in [0.1, 0.15) is 17.3 Å². The molecule has 0 saturated heterocycles. The minimum Gasteiger partial charge on any atom is -0.497 e. The number of nitrogens with one attached hydrogen (secondary N) is 1. The number of carbonyl (C=O) groups excluding carboxylic acids is 2. The molecule has 184 valence electrons. The first-order chi connectivity index (χ1) is 16.8. The summed E-state index contributed by atoms with van der Waals surface area (Å²) < 4.78 is 43.1. The Morgan fingerprint density at radius 3 is 2.31 bits per heavy atom. The van der Waals surface area contributed by atoms with Gasteiger partial charge >= 0.3 is 5.97 Å². The number of nitrogens with zero attached hydrogens (tertiary/aromatic N) is 1. The van der Waals surface area contributed by atoms with Crippen LogP contribution in [0.3, 0.4) is 0 Å². The lowest BCUT2D eigenvalue weighted by Crippen LogP contribution is -2.30. The second-order valence-electron chi connectivity index (χ2n) is 7.22. The Hall–Kier alpha value is -4.05. The summed E-state index contributed by atoms with van der Waals surface area (Å²) in [5.41, 5.74) is 0.890. The van der Waals surface area contributed by atoms with Gasteiger partial charge in [-0.05, 0) is 49.4 Å². The van der Waals surface area contributed by atoms with Crippen molar-refractivity contribution in [3.8, 4) is 11.5 Å². The van der Waals surface area contributed by atoms with Gasteiger partial charge in [-0.2, -0.15) is 0 Å². The Kier molecular flexibility index (Phi) is 8.32. The molecule has 0 aliphatic heterocycles. The van der Waals surface area contributed by atoms with Crippen molar-refractivity contribution in [2.75, 3.05) is 37.0 Å². The molecule has 0 saturated carbocycles. The molecule has 10 heteroatoms. The zero-order valence-electron chi connectivity index (χ0n) is 19.6. The second-order valence-corrected chi connectivity index (χ2v) is 9.09. The minimum atomic E-state index is -3.92. The molecule has 0 spiro atoms. The van der Waals surface area contributed by atoms with Gasteiger partial charge in [0.2, 0.25) is 0 Å². The first kappa shape index (κ1) is 25.6. The van der Waals surface area contributed by atoms with E-state index in [1.54, 1.807) is 55.5 Å². The molecule has 1 N–H and O–H groups in total. The van der Waals surface area contributed by atoms with Crippen molar-refractivity contribution in [1.82, 2.24) is 0 Å². The molecule has 3 aromatic carbocycles. The first-order valence-electron chi connectivity index (χ1n) is 10.7. The highest BCUT2D eigenvalue weighted by Gasteiger charge is 2.25. The van der Waals surface area contributed by atoms with Crippen LogP contribution in [0.5, 0.6) is 11.5 Å². The highest BCUT2D eigenvalue weighted by molar-refractivity contribution is 7.92. The van der Waals surface area contributed by atoms with Crippen LogP contribution in [0.15, 0.2) is 77.7 Å². The fraction of sp³-hybridized carbons (Fsp3) is 0.200. The average Bonchev–Trinajstić information content (AvgIpc) is 2.88. The van der Waals surface area contributed by atoms with Crippen LogP contribution in [-0.4, -0.2) is 47.7 Å². The van der Waals surface area contributed by atoms with Gasteiger partial charge in [0.15, 0.2) is 6.61 Å². The predicted octanol–water partition coefficient (Wildman–Crippen LogP) is 3.71. The number of ether oxygens (including phenoxy) is 3. The monoisotopic (exact) mass is 498 g/mol. The van der Waals surface area contributed by atoms with E-state index in [1.807, 2.05) is 0 Å². The molecule has 0 radical (unpaired) electrons. The third-order valence-electron chi connectivity index (χ3n) is 5.01. The van der Waals surface area contributed by atoms with Crippen molar-refractivity contribution < 1.29 is 32.2 Å². The molecule has 0 heterocycles. The molecule has 0 fully saturated rings. The molecule has 0 aliphatic carbocycles. The van der Waals surface area contributed by atoms with Gasteiger partial charge < -0.3 is 19.5 Å². The predicted molar refractivity (Wildman–Crippen MR) is 132 cm³/mol. The lowest BCUT2D eigenvalue weighted by atomic mass is 10.2. The largest absolute Gasteiger partial charge is 0.497 e. The van der Waals surface area contributed by atoms with Crippen molar-refractivity contribution in [2.45, 2.75) is 11.8 Å². The van der Waals surface area contributed by atoms with E-state index in [1.165, 1.54) is 42.8 Å². The number of carbonyl (C=O) groups is 2. The number of esters is 1.